The van der Waals surface area contributed by atoms with Gasteiger partial charge in [-0.05, 0) is 49.3 Å². The molecule has 1 saturated carbocycles. The Balaban J connectivity index is 1.80. The summed E-state index contributed by atoms with van der Waals surface area (Å²) in [5.74, 6) is -0.519. The predicted molar refractivity (Wildman–Crippen MR) is 79.7 cm³/mol. The number of hydrogen-bond acceptors (Lipinski definition) is 3. The van der Waals surface area contributed by atoms with E-state index in [2.05, 4.69) is 0 Å². The number of nitrogens with two attached hydrogens (primary N) is 1. The molecule has 1 saturated heterocycles. The highest BCUT2D eigenvalue weighted by atomic mass is 32.2. The first kappa shape index (κ1) is 14.8. The zero-order chi connectivity index (χ0) is 15.1. The highest BCUT2D eigenvalue weighted by Crippen LogP contribution is 2.46. The molecule has 4 nitrogen and oxygen atoms in total. The maximum absolute atomic E-state index is 13.1. The monoisotopic (exact) mass is 312 g/mol. The van der Waals surface area contributed by atoms with Crippen LogP contribution < -0.4 is 5.73 Å². The molecule has 1 aromatic carbocycles. The molecule has 1 aromatic rings. The molecule has 1 aliphatic carbocycles. The lowest BCUT2D eigenvalue weighted by Gasteiger charge is -2.38. The maximum Gasteiger partial charge on any atom is 0.245 e. The summed E-state index contributed by atoms with van der Waals surface area (Å²) >= 11 is 0. The summed E-state index contributed by atoms with van der Waals surface area (Å²) in [4.78, 5) is 0.0197. The van der Waals surface area contributed by atoms with Gasteiger partial charge in [-0.25, -0.2) is 12.8 Å². The molecule has 0 bridgehead atoms. The van der Waals surface area contributed by atoms with Crippen LogP contribution in [-0.2, 0) is 10.0 Å². The van der Waals surface area contributed by atoms with Gasteiger partial charge in [-0.15, -0.1) is 0 Å². The number of nitrogen functional groups attached to an aromatic ring is 1. The summed E-state index contributed by atoms with van der Waals surface area (Å²) in [6.07, 6.45) is 6.81. The normalized spacial score (nSPS) is 22.7. The Hall–Kier alpha value is -1.14. The van der Waals surface area contributed by atoms with Crippen molar-refractivity contribution >= 4 is 15.7 Å². The third kappa shape index (κ3) is 2.66. The van der Waals surface area contributed by atoms with E-state index >= 15 is 0 Å². The van der Waals surface area contributed by atoms with E-state index in [9.17, 15) is 12.8 Å². The van der Waals surface area contributed by atoms with Crippen molar-refractivity contribution in [1.82, 2.24) is 4.31 Å². The van der Waals surface area contributed by atoms with Crippen LogP contribution in [0.3, 0.4) is 0 Å². The van der Waals surface area contributed by atoms with Crippen LogP contribution in [0.5, 0.6) is 0 Å². The molecule has 0 radical (unpaired) electrons. The fraction of sp³-hybridized carbons (Fsp3) is 0.600. The summed E-state index contributed by atoms with van der Waals surface area (Å²) in [5.41, 5.74) is 6.03. The molecule has 0 atom stereocenters. The van der Waals surface area contributed by atoms with Gasteiger partial charge < -0.3 is 5.73 Å². The van der Waals surface area contributed by atoms with Crippen LogP contribution in [0.4, 0.5) is 10.1 Å². The Kier molecular flexibility index (Phi) is 3.69. The molecular weight excluding hydrogens is 291 g/mol. The largest absolute Gasteiger partial charge is 0.398 e. The Morgan fingerprint density at radius 1 is 1.10 bits per heavy atom. The molecule has 1 spiro atoms. The second-order valence-corrected chi connectivity index (χ2v) is 8.20. The van der Waals surface area contributed by atoms with Gasteiger partial charge in [0.1, 0.15) is 10.7 Å². The summed E-state index contributed by atoms with van der Waals surface area (Å²) < 4.78 is 39.9. The SMILES string of the molecule is Nc1cc(F)ccc1S(=O)(=O)N1CCC2(CCCC2)CC1. The van der Waals surface area contributed by atoms with Crippen molar-refractivity contribution in [3.8, 4) is 0 Å². The molecule has 6 heteroatoms. The molecule has 21 heavy (non-hydrogen) atoms. The van der Waals surface area contributed by atoms with Gasteiger partial charge >= 0.3 is 0 Å². The van der Waals surface area contributed by atoms with E-state index in [4.69, 9.17) is 5.73 Å². The first-order chi connectivity index (χ1) is 9.93. The number of sulfonamides is 1. The Bertz CT molecular complexity index is 629. The van der Waals surface area contributed by atoms with Crippen LogP contribution >= 0.6 is 0 Å². The molecule has 3 rings (SSSR count). The fourth-order valence-electron chi connectivity index (χ4n) is 3.72. The molecule has 0 unspecified atom stereocenters. The van der Waals surface area contributed by atoms with E-state index in [1.165, 1.54) is 36.1 Å². The van der Waals surface area contributed by atoms with Crippen LogP contribution in [0.1, 0.15) is 38.5 Å². The van der Waals surface area contributed by atoms with Crippen molar-refractivity contribution in [2.24, 2.45) is 5.41 Å². The van der Waals surface area contributed by atoms with E-state index in [-0.39, 0.29) is 10.6 Å². The average Bonchev–Trinajstić information content (AvgIpc) is 2.87. The smallest absolute Gasteiger partial charge is 0.245 e. The minimum absolute atomic E-state index is 0.0175. The standard InChI is InChI=1S/C15H21FN2O2S/c16-12-3-4-14(13(17)11-12)21(19,20)18-9-7-15(8-10-18)5-1-2-6-15/h3-4,11H,1-2,5-10,17H2. The van der Waals surface area contributed by atoms with Gasteiger partial charge in [0.25, 0.3) is 0 Å². The summed E-state index contributed by atoms with van der Waals surface area (Å²) in [7, 11) is -3.61. The van der Waals surface area contributed by atoms with Crippen molar-refractivity contribution in [1.29, 1.82) is 0 Å². The number of nitrogens with zero attached hydrogens (tertiary/aromatic N) is 1. The van der Waals surface area contributed by atoms with Crippen LogP contribution in [0.25, 0.3) is 0 Å². The van der Waals surface area contributed by atoms with Crippen molar-refractivity contribution in [2.75, 3.05) is 18.8 Å². The second kappa shape index (κ2) is 5.25. The predicted octanol–water partition coefficient (Wildman–Crippen LogP) is 2.75. The van der Waals surface area contributed by atoms with Gasteiger partial charge in [0, 0.05) is 13.1 Å². The van der Waals surface area contributed by atoms with Crippen LogP contribution in [-0.4, -0.2) is 25.8 Å². The highest BCUT2D eigenvalue weighted by molar-refractivity contribution is 7.89. The van der Waals surface area contributed by atoms with E-state index in [1.807, 2.05) is 0 Å². The van der Waals surface area contributed by atoms with Crippen LogP contribution in [0, 0.1) is 11.2 Å². The molecule has 2 aliphatic rings. The molecule has 1 aliphatic heterocycles. The zero-order valence-corrected chi connectivity index (χ0v) is 12.8. The number of piperidine rings is 1. The number of benzene rings is 1. The quantitative estimate of drug-likeness (QED) is 0.854. The van der Waals surface area contributed by atoms with Crippen LogP contribution in [0.2, 0.25) is 0 Å². The van der Waals surface area contributed by atoms with Crippen molar-refractivity contribution in [2.45, 2.75) is 43.4 Å². The van der Waals surface area contributed by atoms with E-state index in [0.29, 0.717) is 18.5 Å². The Morgan fingerprint density at radius 3 is 2.29 bits per heavy atom. The topological polar surface area (TPSA) is 63.4 Å². The van der Waals surface area contributed by atoms with Crippen molar-refractivity contribution in [3.05, 3.63) is 24.0 Å². The zero-order valence-electron chi connectivity index (χ0n) is 12.0. The van der Waals surface area contributed by atoms with E-state index in [1.54, 1.807) is 0 Å². The lowest BCUT2D eigenvalue weighted by molar-refractivity contribution is 0.160. The number of hydrogen-bond donors (Lipinski definition) is 1. The number of anilines is 1. The number of halogens is 1. The lowest BCUT2D eigenvalue weighted by Crippen LogP contribution is -2.42. The molecular formula is C15H21FN2O2S. The van der Waals surface area contributed by atoms with Gasteiger partial charge in [-0.2, -0.15) is 4.31 Å². The average molecular weight is 312 g/mol. The molecule has 1 heterocycles. The number of rotatable bonds is 2. The molecule has 116 valence electrons. The third-order valence-corrected chi connectivity index (χ3v) is 7.01. The summed E-state index contributed by atoms with van der Waals surface area (Å²) in [6.45, 7) is 1.08. The summed E-state index contributed by atoms with van der Waals surface area (Å²) in [6, 6.07) is 3.47. The first-order valence-corrected chi connectivity index (χ1v) is 8.92. The van der Waals surface area contributed by atoms with Gasteiger partial charge in [0.15, 0.2) is 0 Å². The minimum Gasteiger partial charge on any atom is -0.398 e. The maximum atomic E-state index is 13.1. The molecule has 2 N–H and O–H groups in total. The van der Waals surface area contributed by atoms with Gasteiger partial charge in [0.05, 0.1) is 5.69 Å². The van der Waals surface area contributed by atoms with Gasteiger partial charge in [0.2, 0.25) is 10.0 Å². The highest BCUT2D eigenvalue weighted by Gasteiger charge is 2.40. The van der Waals surface area contributed by atoms with Gasteiger partial charge in [-0.1, -0.05) is 12.8 Å². The van der Waals surface area contributed by atoms with E-state index < -0.39 is 15.8 Å². The Morgan fingerprint density at radius 2 is 1.71 bits per heavy atom. The van der Waals surface area contributed by atoms with Crippen LogP contribution in [0.15, 0.2) is 23.1 Å². The van der Waals surface area contributed by atoms with Crippen molar-refractivity contribution in [3.63, 3.8) is 0 Å². The van der Waals surface area contributed by atoms with Gasteiger partial charge in [-0.3, -0.25) is 0 Å². The Labute approximate surface area is 125 Å². The third-order valence-electron chi connectivity index (χ3n) is 5.04. The molecule has 0 amide bonds. The second-order valence-electron chi connectivity index (χ2n) is 6.29. The molecule has 2 fully saturated rings. The fourth-order valence-corrected chi connectivity index (χ4v) is 5.26. The minimum atomic E-state index is -3.61. The molecule has 0 aromatic heterocycles. The van der Waals surface area contributed by atoms with E-state index in [0.717, 1.165) is 25.0 Å². The van der Waals surface area contributed by atoms with Crippen molar-refractivity contribution < 1.29 is 12.8 Å². The summed E-state index contributed by atoms with van der Waals surface area (Å²) in [5, 5.41) is 0. The first-order valence-electron chi connectivity index (χ1n) is 7.48. The lowest BCUT2D eigenvalue weighted by atomic mass is 9.78.